The van der Waals surface area contributed by atoms with Crippen molar-refractivity contribution in [2.45, 2.75) is 13.0 Å². The molecule has 4 nitrogen and oxygen atoms in total. The zero-order valence-corrected chi connectivity index (χ0v) is 10.9. The minimum absolute atomic E-state index is 0.0112. The highest BCUT2D eigenvalue weighted by Crippen LogP contribution is 2.30. The van der Waals surface area contributed by atoms with Crippen LogP contribution in [0.25, 0.3) is 10.9 Å². The smallest absolute Gasteiger partial charge is 0.246 e. The third-order valence-electron chi connectivity index (χ3n) is 3.67. The van der Waals surface area contributed by atoms with Crippen LogP contribution in [0, 0.1) is 0 Å². The second-order valence-electron chi connectivity index (χ2n) is 4.71. The van der Waals surface area contributed by atoms with Gasteiger partial charge in [-0.25, -0.2) is 0 Å². The normalized spacial score (nSPS) is 14.3. The fourth-order valence-electron chi connectivity index (χ4n) is 2.64. The molecular formula is C15H16N2O2. The molecule has 0 aliphatic carbocycles. The number of carbonyl (C=O) groups is 1. The Morgan fingerprint density at radius 3 is 3.11 bits per heavy atom. The second kappa shape index (κ2) is 4.46. The Hall–Kier alpha value is -2.23. The number of fused-ring (bicyclic) bond motifs is 3. The zero-order chi connectivity index (χ0) is 13.4. The number of aromatic nitrogens is 1. The maximum Gasteiger partial charge on any atom is 0.246 e. The van der Waals surface area contributed by atoms with Crippen LogP contribution in [-0.2, 0) is 17.8 Å². The van der Waals surface area contributed by atoms with E-state index in [4.69, 9.17) is 4.74 Å². The number of hydrogen-bond donors (Lipinski definition) is 1. The zero-order valence-electron chi connectivity index (χ0n) is 10.9. The van der Waals surface area contributed by atoms with Gasteiger partial charge >= 0.3 is 0 Å². The molecule has 1 aliphatic heterocycles. The molecule has 1 aliphatic rings. The van der Waals surface area contributed by atoms with Crippen LogP contribution in [0.2, 0.25) is 0 Å². The summed E-state index contributed by atoms with van der Waals surface area (Å²) in [5.74, 6) is 0.823. The predicted octanol–water partition coefficient (Wildman–Crippen LogP) is 2.25. The molecule has 0 saturated carbocycles. The first-order valence-corrected chi connectivity index (χ1v) is 6.31. The molecule has 0 spiro atoms. The summed E-state index contributed by atoms with van der Waals surface area (Å²) in [6.45, 7) is 4.92. The van der Waals surface area contributed by atoms with Crippen LogP contribution in [0.5, 0.6) is 5.75 Å². The van der Waals surface area contributed by atoms with E-state index in [9.17, 15) is 4.79 Å². The first kappa shape index (κ1) is 11.8. The summed E-state index contributed by atoms with van der Waals surface area (Å²) in [5, 5.41) is 1.14. The Morgan fingerprint density at radius 1 is 1.53 bits per heavy atom. The van der Waals surface area contributed by atoms with Crippen LogP contribution in [0.15, 0.2) is 30.9 Å². The highest BCUT2D eigenvalue weighted by atomic mass is 16.5. The van der Waals surface area contributed by atoms with Gasteiger partial charge in [-0.3, -0.25) is 4.79 Å². The number of carbonyl (C=O) groups excluding carboxylic acids is 1. The molecule has 4 heteroatoms. The summed E-state index contributed by atoms with van der Waals surface area (Å²) < 4.78 is 5.27. The van der Waals surface area contributed by atoms with Crippen molar-refractivity contribution in [3.8, 4) is 5.75 Å². The van der Waals surface area contributed by atoms with E-state index >= 15 is 0 Å². The first-order chi connectivity index (χ1) is 9.22. The Kier molecular flexibility index (Phi) is 2.78. The average molecular weight is 256 g/mol. The summed E-state index contributed by atoms with van der Waals surface area (Å²) in [7, 11) is 1.66. The van der Waals surface area contributed by atoms with E-state index in [1.807, 2.05) is 23.1 Å². The van der Waals surface area contributed by atoms with Crippen LogP contribution >= 0.6 is 0 Å². The molecule has 3 rings (SSSR count). The van der Waals surface area contributed by atoms with Gasteiger partial charge in [0.1, 0.15) is 5.75 Å². The molecule has 0 fully saturated rings. The maximum atomic E-state index is 11.7. The quantitative estimate of drug-likeness (QED) is 0.838. The molecule has 1 aromatic heterocycles. The number of rotatable bonds is 2. The fraction of sp³-hybridized carbons (Fsp3) is 0.267. The number of nitrogens with zero attached hydrogens (tertiary/aromatic N) is 1. The summed E-state index contributed by atoms with van der Waals surface area (Å²) in [6, 6.07) is 5.98. The SMILES string of the molecule is C=CC(=O)N1CCc2[nH]c3ccc(OC)cc3c2C1. The monoisotopic (exact) mass is 256 g/mol. The lowest BCUT2D eigenvalue weighted by Gasteiger charge is -2.26. The van der Waals surface area contributed by atoms with E-state index in [1.54, 1.807) is 7.11 Å². The molecule has 2 aromatic rings. The van der Waals surface area contributed by atoms with E-state index in [0.717, 1.165) is 29.6 Å². The number of nitrogens with one attached hydrogen (secondary N) is 1. The molecule has 2 heterocycles. The largest absolute Gasteiger partial charge is 0.497 e. The van der Waals surface area contributed by atoms with Gasteiger partial charge in [0.25, 0.3) is 0 Å². The Labute approximate surface area is 111 Å². The van der Waals surface area contributed by atoms with Crippen molar-refractivity contribution in [2.24, 2.45) is 0 Å². The molecular weight excluding hydrogens is 240 g/mol. The lowest BCUT2D eigenvalue weighted by atomic mass is 10.0. The highest BCUT2D eigenvalue weighted by molar-refractivity contribution is 5.90. The van der Waals surface area contributed by atoms with Crippen molar-refractivity contribution in [2.75, 3.05) is 13.7 Å². The Morgan fingerprint density at radius 2 is 2.37 bits per heavy atom. The summed E-state index contributed by atoms with van der Waals surface area (Å²) in [6.07, 6.45) is 2.23. The minimum Gasteiger partial charge on any atom is -0.497 e. The Balaban J connectivity index is 2.06. The number of benzene rings is 1. The van der Waals surface area contributed by atoms with Gasteiger partial charge in [0, 0.05) is 41.7 Å². The van der Waals surface area contributed by atoms with Crippen molar-refractivity contribution in [1.29, 1.82) is 0 Å². The lowest BCUT2D eigenvalue weighted by Crippen LogP contribution is -2.34. The van der Waals surface area contributed by atoms with E-state index in [0.29, 0.717) is 6.54 Å². The van der Waals surface area contributed by atoms with Gasteiger partial charge in [-0.2, -0.15) is 0 Å². The van der Waals surface area contributed by atoms with E-state index in [-0.39, 0.29) is 5.91 Å². The lowest BCUT2D eigenvalue weighted by molar-refractivity contribution is -0.126. The predicted molar refractivity (Wildman–Crippen MR) is 74.2 cm³/mol. The summed E-state index contributed by atoms with van der Waals surface area (Å²) in [4.78, 5) is 17.0. The first-order valence-electron chi connectivity index (χ1n) is 6.31. The number of aromatic amines is 1. The van der Waals surface area contributed by atoms with Gasteiger partial charge in [-0.05, 0) is 24.3 Å². The number of methoxy groups -OCH3 is 1. The molecule has 0 bridgehead atoms. The van der Waals surface area contributed by atoms with E-state index in [2.05, 4.69) is 11.6 Å². The molecule has 19 heavy (non-hydrogen) atoms. The topological polar surface area (TPSA) is 45.3 Å². The van der Waals surface area contributed by atoms with Crippen molar-refractivity contribution in [1.82, 2.24) is 9.88 Å². The second-order valence-corrected chi connectivity index (χ2v) is 4.71. The number of H-pyrrole nitrogens is 1. The molecule has 0 radical (unpaired) electrons. The molecule has 98 valence electrons. The van der Waals surface area contributed by atoms with Crippen LogP contribution < -0.4 is 4.74 Å². The highest BCUT2D eigenvalue weighted by Gasteiger charge is 2.22. The third-order valence-corrected chi connectivity index (χ3v) is 3.67. The molecule has 1 aromatic carbocycles. The van der Waals surface area contributed by atoms with Crippen molar-refractivity contribution in [3.05, 3.63) is 42.1 Å². The van der Waals surface area contributed by atoms with Crippen LogP contribution in [-0.4, -0.2) is 29.4 Å². The maximum absolute atomic E-state index is 11.7. The standard InChI is InChI=1S/C15H16N2O2/c1-3-15(18)17-7-6-14-12(9-17)11-8-10(19-2)4-5-13(11)16-14/h3-5,8,16H,1,6-7,9H2,2H3. The molecule has 0 atom stereocenters. The summed E-state index contributed by atoms with van der Waals surface area (Å²) in [5.41, 5.74) is 3.51. The molecule has 1 N–H and O–H groups in total. The molecule has 0 saturated heterocycles. The minimum atomic E-state index is -0.0112. The summed E-state index contributed by atoms with van der Waals surface area (Å²) >= 11 is 0. The van der Waals surface area contributed by atoms with Gasteiger partial charge < -0.3 is 14.6 Å². The van der Waals surface area contributed by atoms with Crippen LogP contribution in [0.1, 0.15) is 11.3 Å². The van der Waals surface area contributed by atoms with E-state index in [1.165, 1.54) is 17.3 Å². The number of hydrogen-bond acceptors (Lipinski definition) is 2. The van der Waals surface area contributed by atoms with Crippen molar-refractivity contribution < 1.29 is 9.53 Å². The van der Waals surface area contributed by atoms with E-state index < -0.39 is 0 Å². The van der Waals surface area contributed by atoms with Crippen LogP contribution in [0.3, 0.4) is 0 Å². The van der Waals surface area contributed by atoms with Gasteiger partial charge in [0.2, 0.25) is 5.91 Å². The average Bonchev–Trinajstić information content (AvgIpc) is 2.83. The number of ether oxygens (including phenoxy) is 1. The molecule has 0 unspecified atom stereocenters. The number of amides is 1. The fourth-order valence-corrected chi connectivity index (χ4v) is 2.64. The van der Waals surface area contributed by atoms with Gasteiger partial charge in [0.05, 0.1) is 7.11 Å². The Bertz CT molecular complexity index is 657. The third kappa shape index (κ3) is 1.89. The van der Waals surface area contributed by atoms with Gasteiger partial charge in [-0.1, -0.05) is 6.58 Å². The van der Waals surface area contributed by atoms with Crippen LogP contribution in [0.4, 0.5) is 0 Å². The van der Waals surface area contributed by atoms with Gasteiger partial charge in [0.15, 0.2) is 0 Å². The van der Waals surface area contributed by atoms with Gasteiger partial charge in [-0.15, -0.1) is 0 Å². The van der Waals surface area contributed by atoms with Crippen molar-refractivity contribution in [3.63, 3.8) is 0 Å². The molecule has 1 amide bonds. The van der Waals surface area contributed by atoms with Crippen molar-refractivity contribution >= 4 is 16.8 Å².